The molecule has 0 saturated heterocycles. The minimum Gasteiger partial charge on any atom is -0.317 e. The Morgan fingerprint density at radius 2 is 1.92 bits per heavy atom. The van der Waals surface area contributed by atoms with Gasteiger partial charge in [0.15, 0.2) is 0 Å². The van der Waals surface area contributed by atoms with Crippen LogP contribution >= 0.6 is 11.6 Å². The van der Waals surface area contributed by atoms with Crippen molar-refractivity contribution < 1.29 is 5.21 Å². The molecule has 1 aliphatic rings. The van der Waals surface area contributed by atoms with Crippen LogP contribution in [0.1, 0.15) is 24.3 Å². The van der Waals surface area contributed by atoms with Gasteiger partial charge >= 0.3 is 0 Å². The van der Waals surface area contributed by atoms with Gasteiger partial charge in [0.1, 0.15) is 0 Å². The second-order valence-electron chi connectivity index (χ2n) is 3.47. The zero-order valence-corrected chi connectivity index (χ0v) is 7.96. The lowest BCUT2D eigenvalue weighted by Gasteiger charge is -2.35. The molecule has 1 saturated carbocycles. The van der Waals surface area contributed by atoms with Crippen LogP contribution < -0.4 is 5.48 Å². The third kappa shape index (κ3) is 1.70. The van der Waals surface area contributed by atoms with Gasteiger partial charge in [0.25, 0.3) is 0 Å². The second kappa shape index (κ2) is 3.66. The lowest BCUT2D eigenvalue weighted by Crippen LogP contribution is -2.40. The van der Waals surface area contributed by atoms with Crippen LogP contribution in [0, 0.1) is 0 Å². The molecule has 0 radical (unpaired) electrons. The van der Waals surface area contributed by atoms with Crippen molar-refractivity contribution in [2.24, 2.45) is 0 Å². The first-order valence-electron chi connectivity index (χ1n) is 4.46. The van der Waals surface area contributed by atoms with Crippen molar-refractivity contribution in [3.05, 3.63) is 34.9 Å². The van der Waals surface area contributed by atoms with E-state index in [-0.39, 0.29) is 6.04 Å². The first kappa shape index (κ1) is 9.00. The fraction of sp³-hybridized carbons (Fsp3) is 0.400. The molecule has 3 heteroatoms. The highest BCUT2D eigenvalue weighted by molar-refractivity contribution is 6.30. The van der Waals surface area contributed by atoms with Gasteiger partial charge < -0.3 is 5.21 Å². The standard InChI is InChI=1S/C10H12ClNO/c11-8-3-1-7(2-4-8)9-5-6-10(9)12-13/h1-4,9-10,12-13H,5-6H2. The Morgan fingerprint density at radius 1 is 1.23 bits per heavy atom. The van der Waals surface area contributed by atoms with Crippen molar-refractivity contribution in [1.29, 1.82) is 0 Å². The lowest BCUT2D eigenvalue weighted by molar-refractivity contribution is 0.0735. The Labute approximate surface area is 82.5 Å². The minimum atomic E-state index is 0.223. The number of rotatable bonds is 2. The van der Waals surface area contributed by atoms with E-state index in [1.165, 1.54) is 5.56 Å². The average Bonchev–Trinajstić information content (AvgIpc) is 2.08. The first-order valence-corrected chi connectivity index (χ1v) is 4.84. The van der Waals surface area contributed by atoms with Gasteiger partial charge in [0, 0.05) is 17.0 Å². The van der Waals surface area contributed by atoms with E-state index in [0.717, 1.165) is 17.9 Å². The van der Waals surface area contributed by atoms with E-state index in [1.807, 2.05) is 24.3 Å². The summed E-state index contributed by atoms with van der Waals surface area (Å²) in [6, 6.07) is 8.06. The van der Waals surface area contributed by atoms with Crippen molar-refractivity contribution in [2.75, 3.05) is 0 Å². The fourth-order valence-electron chi connectivity index (χ4n) is 1.76. The van der Waals surface area contributed by atoms with E-state index in [1.54, 1.807) is 0 Å². The van der Waals surface area contributed by atoms with Gasteiger partial charge in [-0.05, 0) is 30.5 Å². The molecule has 2 atom stereocenters. The Morgan fingerprint density at radius 3 is 2.38 bits per heavy atom. The van der Waals surface area contributed by atoms with Gasteiger partial charge in [-0.1, -0.05) is 23.7 Å². The molecule has 0 bridgehead atoms. The molecule has 2 N–H and O–H groups in total. The number of hydrogen-bond acceptors (Lipinski definition) is 2. The molecule has 0 spiro atoms. The van der Waals surface area contributed by atoms with Gasteiger partial charge in [0.2, 0.25) is 0 Å². The molecule has 0 amide bonds. The monoisotopic (exact) mass is 197 g/mol. The summed E-state index contributed by atoms with van der Waals surface area (Å²) >= 11 is 5.78. The summed E-state index contributed by atoms with van der Waals surface area (Å²) in [5.74, 6) is 0.447. The zero-order chi connectivity index (χ0) is 9.26. The summed E-state index contributed by atoms with van der Waals surface area (Å²) < 4.78 is 0. The van der Waals surface area contributed by atoms with Crippen LogP contribution in [0.4, 0.5) is 0 Å². The van der Waals surface area contributed by atoms with Crippen molar-refractivity contribution >= 4 is 11.6 Å². The molecule has 70 valence electrons. The Hall–Kier alpha value is -0.570. The Kier molecular flexibility index (Phi) is 2.54. The highest BCUT2D eigenvalue weighted by Gasteiger charge is 2.31. The molecule has 1 aliphatic carbocycles. The molecule has 0 aromatic heterocycles. The average molecular weight is 198 g/mol. The first-order chi connectivity index (χ1) is 6.31. The van der Waals surface area contributed by atoms with Crippen LogP contribution in [0.3, 0.4) is 0 Å². The van der Waals surface area contributed by atoms with Crippen molar-refractivity contribution in [3.63, 3.8) is 0 Å². The maximum Gasteiger partial charge on any atom is 0.0406 e. The molecule has 0 aliphatic heterocycles. The summed E-state index contributed by atoms with van der Waals surface area (Å²) in [5, 5.41) is 9.56. The molecule has 1 fully saturated rings. The van der Waals surface area contributed by atoms with E-state index in [9.17, 15) is 0 Å². The van der Waals surface area contributed by atoms with Gasteiger partial charge in [-0.2, -0.15) is 0 Å². The molecule has 13 heavy (non-hydrogen) atoms. The maximum atomic E-state index is 8.80. The highest BCUT2D eigenvalue weighted by atomic mass is 35.5. The summed E-state index contributed by atoms with van der Waals surface area (Å²) in [7, 11) is 0. The summed E-state index contributed by atoms with van der Waals surface area (Å²) in [6.45, 7) is 0. The van der Waals surface area contributed by atoms with Gasteiger partial charge in [0.05, 0.1) is 0 Å². The van der Waals surface area contributed by atoms with E-state index in [0.29, 0.717) is 5.92 Å². The third-order valence-corrected chi connectivity index (χ3v) is 2.99. The quantitative estimate of drug-likeness (QED) is 0.715. The number of halogens is 1. The Bertz CT molecular complexity index is 283. The van der Waals surface area contributed by atoms with Gasteiger partial charge in [-0.3, -0.25) is 0 Å². The lowest BCUT2D eigenvalue weighted by atomic mass is 9.75. The van der Waals surface area contributed by atoms with Crippen LogP contribution in [0.25, 0.3) is 0 Å². The van der Waals surface area contributed by atoms with Crippen LogP contribution in [0.2, 0.25) is 5.02 Å². The van der Waals surface area contributed by atoms with Crippen molar-refractivity contribution in [1.82, 2.24) is 5.48 Å². The van der Waals surface area contributed by atoms with Crippen molar-refractivity contribution in [2.45, 2.75) is 24.8 Å². The molecule has 2 nitrogen and oxygen atoms in total. The van der Waals surface area contributed by atoms with E-state index in [4.69, 9.17) is 16.8 Å². The summed E-state index contributed by atoms with van der Waals surface area (Å²) in [6.07, 6.45) is 2.18. The van der Waals surface area contributed by atoms with Crippen LogP contribution in [0.15, 0.2) is 24.3 Å². The molecular weight excluding hydrogens is 186 g/mol. The molecular formula is C10H12ClNO. The summed E-state index contributed by atoms with van der Waals surface area (Å²) in [5.41, 5.74) is 3.58. The maximum absolute atomic E-state index is 8.80. The molecule has 0 heterocycles. The van der Waals surface area contributed by atoms with E-state index < -0.39 is 0 Å². The predicted molar refractivity (Wildman–Crippen MR) is 52.1 cm³/mol. The topological polar surface area (TPSA) is 32.3 Å². The van der Waals surface area contributed by atoms with Gasteiger partial charge in [-0.15, -0.1) is 0 Å². The molecule has 1 aromatic carbocycles. The molecule has 2 rings (SSSR count). The normalized spacial score (nSPS) is 26.9. The van der Waals surface area contributed by atoms with E-state index in [2.05, 4.69) is 5.48 Å². The molecule has 2 unspecified atom stereocenters. The number of benzene rings is 1. The van der Waals surface area contributed by atoms with Crippen molar-refractivity contribution in [3.8, 4) is 0 Å². The highest BCUT2D eigenvalue weighted by Crippen LogP contribution is 2.36. The number of hydroxylamine groups is 1. The number of nitrogens with one attached hydrogen (secondary N) is 1. The SMILES string of the molecule is ONC1CCC1c1ccc(Cl)cc1. The second-order valence-corrected chi connectivity index (χ2v) is 3.91. The van der Waals surface area contributed by atoms with Gasteiger partial charge in [-0.25, -0.2) is 5.48 Å². The minimum absolute atomic E-state index is 0.223. The molecule has 1 aromatic rings. The van der Waals surface area contributed by atoms with E-state index >= 15 is 0 Å². The summed E-state index contributed by atoms with van der Waals surface area (Å²) in [4.78, 5) is 0. The third-order valence-electron chi connectivity index (χ3n) is 2.74. The smallest absolute Gasteiger partial charge is 0.0406 e. The Balaban J connectivity index is 2.12. The number of hydrogen-bond donors (Lipinski definition) is 2. The van der Waals surface area contributed by atoms with Crippen LogP contribution in [-0.2, 0) is 0 Å². The predicted octanol–water partition coefficient (Wildman–Crippen LogP) is 2.56. The van der Waals surface area contributed by atoms with Crippen LogP contribution in [-0.4, -0.2) is 11.2 Å². The fourth-order valence-corrected chi connectivity index (χ4v) is 1.89. The zero-order valence-electron chi connectivity index (χ0n) is 7.20. The van der Waals surface area contributed by atoms with Crippen LogP contribution in [0.5, 0.6) is 0 Å². The largest absolute Gasteiger partial charge is 0.317 e.